The third-order valence-corrected chi connectivity index (χ3v) is 5.40. The fourth-order valence-corrected chi connectivity index (χ4v) is 3.69. The number of hydrogen-bond donors (Lipinski definition) is 5. The predicted octanol–water partition coefficient (Wildman–Crippen LogP) is 1.39. The number of primary amides is 1. The van der Waals surface area contributed by atoms with E-state index in [4.69, 9.17) is 11.5 Å². The number of hydrogen-bond acceptors (Lipinski definition) is 7. The minimum absolute atomic E-state index is 0.00270. The van der Waals surface area contributed by atoms with E-state index in [-0.39, 0.29) is 28.8 Å². The topological polar surface area (TPSA) is 159 Å². The first-order valence-electron chi connectivity index (χ1n) is 10.2. The van der Waals surface area contributed by atoms with Crippen LogP contribution in [0, 0.1) is 0 Å². The zero-order valence-electron chi connectivity index (χ0n) is 17.8. The Balaban J connectivity index is 1.88. The van der Waals surface area contributed by atoms with E-state index >= 15 is 0 Å². The van der Waals surface area contributed by atoms with Crippen LogP contribution in [0.4, 0.5) is 17.5 Å². The molecule has 2 amide bonds. The molecule has 31 heavy (non-hydrogen) atoms. The van der Waals surface area contributed by atoms with Crippen LogP contribution >= 0.6 is 0 Å². The van der Waals surface area contributed by atoms with Gasteiger partial charge in [-0.1, -0.05) is 25.3 Å². The van der Waals surface area contributed by atoms with Gasteiger partial charge in [-0.25, -0.2) is 0 Å². The van der Waals surface area contributed by atoms with Gasteiger partial charge in [-0.3, -0.25) is 19.4 Å². The molecule has 1 fully saturated rings. The Labute approximate surface area is 180 Å². The Kier molecular flexibility index (Phi) is 6.59. The number of H-pyrrole nitrogens is 1. The first-order chi connectivity index (χ1) is 14.7. The maximum absolute atomic E-state index is 12.5. The molecule has 1 aromatic heterocycles. The van der Waals surface area contributed by atoms with Gasteiger partial charge >= 0.3 is 0 Å². The summed E-state index contributed by atoms with van der Waals surface area (Å²) in [5, 5.41) is 6.03. The van der Waals surface area contributed by atoms with E-state index < -0.39 is 11.5 Å². The minimum atomic E-state index is -0.911. The van der Waals surface area contributed by atoms with Crippen LogP contribution in [0.25, 0.3) is 0 Å². The van der Waals surface area contributed by atoms with Crippen LogP contribution < -0.4 is 27.7 Å². The number of nitrogens with zero attached hydrogens (tertiary/aromatic N) is 2. The van der Waals surface area contributed by atoms with Gasteiger partial charge < -0.3 is 27.0 Å². The lowest BCUT2D eigenvalue weighted by Crippen LogP contribution is -2.48. The van der Waals surface area contributed by atoms with Crippen molar-refractivity contribution in [3.05, 3.63) is 45.7 Å². The number of nitrogens with one attached hydrogen (secondary N) is 3. The average Bonchev–Trinajstić information content (AvgIpc) is 2.72. The molecular formula is C21H29N7O3. The summed E-state index contributed by atoms with van der Waals surface area (Å²) in [5.41, 5.74) is 11.5. The van der Waals surface area contributed by atoms with Crippen molar-refractivity contribution in [1.29, 1.82) is 0 Å². The average molecular weight is 428 g/mol. The van der Waals surface area contributed by atoms with Crippen molar-refractivity contribution < 1.29 is 9.59 Å². The van der Waals surface area contributed by atoms with Crippen LogP contribution in [0.15, 0.2) is 29.1 Å². The van der Waals surface area contributed by atoms with Gasteiger partial charge in [0, 0.05) is 37.4 Å². The zero-order valence-corrected chi connectivity index (χ0v) is 17.8. The van der Waals surface area contributed by atoms with Crippen molar-refractivity contribution in [2.75, 3.05) is 31.3 Å². The molecular weight excluding hydrogens is 398 g/mol. The third-order valence-electron chi connectivity index (χ3n) is 5.40. The molecule has 1 saturated carbocycles. The van der Waals surface area contributed by atoms with Crippen LogP contribution in [0.1, 0.15) is 52.8 Å². The number of aromatic nitrogens is 2. The molecule has 0 spiro atoms. The van der Waals surface area contributed by atoms with Crippen LogP contribution in [-0.4, -0.2) is 52.9 Å². The van der Waals surface area contributed by atoms with Crippen LogP contribution in [0.5, 0.6) is 0 Å². The standard InChI is InChI=1S/C21H29N7O3/c1-28(2)19(31)13-7-6-8-14(11-13)25-17-15(16(22)29)18(30)27-20(26-17)24-12-21(23)9-4-3-5-10-21/h6-8,11H,3-5,9-10,12,23H2,1-2H3,(H2,22,29)(H3,24,25,26,27,30). The molecule has 1 heterocycles. The molecule has 0 aliphatic heterocycles. The number of aromatic amines is 1. The number of anilines is 3. The SMILES string of the molecule is CN(C)C(=O)c1cccc(Nc2nc(NCC3(N)CCCCC3)[nH]c(=O)c2C(N)=O)c1. The van der Waals surface area contributed by atoms with Gasteiger partial charge in [0.05, 0.1) is 0 Å². The van der Waals surface area contributed by atoms with E-state index in [0.29, 0.717) is 17.8 Å². The smallest absolute Gasteiger partial charge is 0.267 e. The number of amides is 2. The molecule has 0 atom stereocenters. The summed E-state index contributed by atoms with van der Waals surface area (Å²) >= 11 is 0. The second-order valence-electron chi connectivity index (χ2n) is 8.18. The van der Waals surface area contributed by atoms with Gasteiger partial charge in [0.2, 0.25) is 5.95 Å². The number of carbonyl (C=O) groups is 2. The molecule has 0 radical (unpaired) electrons. The first-order valence-corrected chi connectivity index (χ1v) is 10.2. The molecule has 7 N–H and O–H groups in total. The second kappa shape index (κ2) is 9.17. The lowest BCUT2D eigenvalue weighted by molar-refractivity contribution is 0.0827. The largest absolute Gasteiger partial charge is 0.365 e. The summed E-state index contributed by atoms with van der Waals surface area (Å²) in [4.78, 5) is 45.0. The summed E-state index contributed by atoms with van der Waals surface area (Å²) in [6.45, 7) is 0.443. The lowest BCUT2D eigenvalue weighted by atomic mass is 9.82. The predicted molar refractivity (Wildman–Crippen MR) is 120 cm³/mol. The van der Waals surface area contributed by atoms with Crippen molar-refractivity contribution in [3.8, 4) is 0 Å². The van der Waals surface area contributed by atoms with Gasteiger partial charge in [0.15, 0.2) is 5.82 Å². The Hall–Kier alpha value is -3.40. The Morgan fingerprint density at radius 3 is 2.58 bits per heavy atom. The van der Waals surface area contributed by atoms with Gasteiger partial charge in [-0.05, 0) is 31.0 Å². The van der Waals surface area contributed by atoms with Crippen LogP contribution in [0.2, 0.25) is 0 Å². The maximum Gasteiger partial charge on any atom is 0.267 e. The monoisotopic (exact) mass is 427 g/mol. The van der Waals surface area contributed by atoms with E-state index in [2.05, 4.69) is 20.6 Å². The molecule has 166 valence electrons. The summed E-state index contributed by atoms with van der Waals surface area (Å²) in [5.74, 6) is -0.900. The Morgan fingerprint density at radius 1 is 1.23 bits per heavy atom. The maximum atomic E-state index is 12.5. The fourth-order valence-electron chi connectivity index (χ4n) is 3.69. The fraction of sp³-hybridized carbons (Fsp3) is 0.429. The van der Waals surface area contributed by atoms with Crippen molar-refractivity contribution >= 4 is 29.3 Å². The van der Waals surface area contributed by atoms with Crippen molar-refractivity contribution in [1.82, 2.24) is 14.9 Å². The molecule has 0 unspecified atom stereocenters. The third kappa shape index (κ3) is 5.40. The number of rotatable bonds is 7. The molecule has 10 heteroatoms. The molecule has 1 aromatic carbocycles. The quantitative estimate of drug-likeness (QED) is 0.446. The highest BCUT2D eigenvalue weighted by molar-refractivity contribution is 5.98. The molecule has 1 aliphatic rings. The highest BCUT2D eigenvalue weighted by atomic mass is 16.2. The summed E-state index contributed by atoms with van der Waals surface area (Å²) < 4.78 is 0. The summed E-state index contributed by atoms with van der Waals surface area (Å²) in [7, 11) is 3.31. The Bertz CT molecular complexity index is 1030. The molecule has 2 aromatic rings. The minimum Gasteiger partial charge on any atom is -0.365 e. The van der Waals surface area contributed by atoms with Gasteiger partial charge in [-0.15, -0.1) is 0 Å². The Morgan fingerprint density at radius 2 is 1.94 bits per heavy atom. The number of benzene rings is 1. The van der Waals surface area contributed by atoms with Crippen LogP contribution in [0.3, 0.4) is 0 Å². The van der Waals surface area contributed by atoms with Crippen LogP contribution in [-0.2, 0) is 0 Å². The first kappa shape index (κ1) is 22.3. The van der Waals surface area contributed by atoms with Crippen molar-refractivity contribution in [2.24, 2.45) is 11.5 Å². The van der Waals surface area contributed by atoms with Crippen molar-refractivity contribution in [2.45, 2.75) is 37.6 Å². The normalized spacial score (nSPS) is 15.2. The van der Waals surface area contributed by atoms with Gasteiger partial charge in [0.1, 0.15) is 5.56 Å². The summed E-state index contributed by atoms with van der Waals surface area (Å²) in [6.07, 6.45) is 5.09. The van der Waals surface area contributed by atoms with E-state index in [9.17, 15) is 14.4 Å². The molecule has 0 bridgehead atoms. The van der Waals surface area contributed by atoms with E-state index in [1.54, 1.807) is 38.4 Å². The molecule has 0 saturated heterocycles. The highest BCUT2D eigenvalue weighted by Gasteiger charge is 2.27. The number of nitrogens with two attached hydrogens (primary N) is 2. The van der Waals surface area contributed by atoms with E-state index in [1.165, 1.54) is 11.3 Å². The highest BCUT2D eigenvalue weighted by Crippen LogP contribution is 2.26. The second-order valence-corrected chi connectivity index (χ2v) is 8.18. The van der Waals surface area contributed by atoms with Gasteiger partial charge in [0.25, 0.3) is 17.4 Å². The lowest BCUT2D eigenvalue weighted by Gasteiger charge is -2.33. The van der Waals surface area contributed by atoms with Gasteiger partial charge in [-0.2, -0.15) is 4.98 Å². The number of carbonyl (C=O) groups excluding carboxylic acids is 2. The van der Waals surface area contributed by atoms with E-state index in [1.807, 2.05) is 0 Å². The molecule has 10 nitrogen and oxygen atoms in total. The summed E-state index contributed by atoms with van der Waals surface area (Å²) in [6, 6.07) is 6.67. The van der Waals surface area contributed by atoms with E-state index in [0.717, 1.165) is 25.7 Å². The molecule has 3 rings (SSSR count). The van der Waals surface area contributed by atoms with Crippen molar-refractivity contribution in [3.63, 3.8) is 0 Å². The zero-order chi connectivity index (χ0) is 22.6. The molecule has 1 aliphatic carbocycles.